The van der Waals surface area contributed by atoms with E-state index in [2.05, 4.69) is 19.2 Å². The van der Waals surface area contributed by atoms with Crippen LogP contribution < -0.4 is 5.32 Å². The number of hydrogen-bond acceptors (Lipinski definition) is 3. The number of benzene rings is 1. The van der Waals surface area contributed by atoms with E-state index in [9.17, 15) is 14.9 Å². The first-order valence-electron chi connectivity index (χ1n) is 8.88. The van der Waals surface area contributed by atoms with E-state index in [-0.39, 0.29) is 22.2 Å². The second-order valence-corrected chi connectivity index (χ2v) is 9.70. The number of nitro groups is 1. The summed E-state index contributed by atoms with van der Waals surface area (Å²) < 4.78 is 0. The maximum absolute atomic E-state index is 12.8. The average Bonchev–Trinajstić information content (AvgIpc) is 2.42. The van der Waals surface area contributed by atoms with E-state index in [0.29, 0.717) is 22.3 Å². The summed E-state index contributed by atoms with van der Waals surface area (Å²) in [5.41, 5.74) is 0.510. The summed E-state index contributed by atoms with van der Waals surface area (Å²) in [6.07, 6.45) is 6.79. The van der Waals surface area contributed by atoms with Crippen LogP contribution in [0.4, 0.5) is 5.69 Å². The lowest BCUT2D eigenvalue weighted by atomic mass is 9.43. The van der Waals surface area contributed by atoms with Gasteiger partial charge in [-0.2, -0.15) is 0 Å². The van der Waals surface area contributed by atoms with E-state index < -0.39 is 4.92 Å². The molecule has 0 saturated heterocycles. The van der Waals surface area contributed by atoms with Crippen molar-refractivity contribution in [2.24, 2.45) is 16.7 Å². The highest BCUT2D eigenvalue weighted by molar-refractivity contribution is 6.32. The lowest BCUT2D eigenvalue weighted by Gasteiger charge is -2.65. The number of hydrogen-bond donors (Lipinski definition) is 1. The van der Waals surface area contributed by atoms with E-state index in [4.69, 9.17) is 11.6 Å². The molecule has 2 atom stereocenters. The highest BCUT2D eigenvalue weighted by Gasteiger charge is 2.60. The number of nitrogens with one attached hydrogen (secondary N) is 1. The van der Waals surface area contributed by atoms with E-state index in [1.807, 2.05) is 0 Å². The summed E-state index contributed by atoms with van der Waals surface area (Å²) >= 11 is 5.86. The largest absolute Gasteiger partial charge is 0.347 e. The van der Waals surface area contributed by atoms with Crippen LogP contribution in [0.1, 0.15) is 62.7 Å². The third kappa shape index (κ3) is 2.82. The van der Waals surface area contributed by atoms with Crippen molar-refractivity contribution in [3.8, 4) is 0 Å². The molecule has 1 amide bonds. The van der Waals surface area contributed by atoms with Crippen LogP contribution in [0.5, 0.6) is 0 Å². The number of carbonyl (C=O) groups excluding carboxylic acids is 1. The van der Waals surface area contributed by atoms with Crippen molar-refractivity contribution < 1.29 is 9.72 Å². The van der Waals surface area contributed by atoms with Gasteiger partial charge in [0.1, 0.15) is 5.02 Å². The van der Waals surface area contributed by atoms with Crippen LogP contribution in [0.3, 0.4) is 0 Å². The molecule has 0 aromatic heterocycles. The molecule has 4 aliphatic carbocycles. The Kier molecular flexibility index (Phi) is 3.50. The molecule has 0 radical (unpaired) electrons. The van der Waals surface area contributed by atoms with E-state index in [1.165, 1.54) is 31.4 Å². The number of rotatable bonds is 3. The third-order valence-corrected chi connectivity index (χ3v) is 6.73. The summed E-state index contributed by atoms with van der Waals surface area (Å²) in [7, 11) is 0. The maximum atomic E-state index is 12.8. The maximum Gasteiger partial charge on any atom is 0.288 e. The highest BCUT2D eigenvalue weighted by Crippen LogP contribution is 2.66. The first-order chi connectivity index (χ1) is 11.6. The van der Waals surface area contributed by atoms with Crippen LogP contribution in [0.2, 0.25) is 5.02 Å². The molecule has 4 bridgehead atoms. The van der Waals surface area contributed by atoms with Crippen molar-refractivity contribution >= 4 is 23.2 Å². The van der Waals surface area contributed by atoms with Crippen LogP contribution in [-0.2, 0) is 0 Å². The molecule has 0 unspecified atom stereocenters. The van der Waals surface area contributed by atoms with E-state index >= 15 is 0 Å². The second kappa shape index (κ2) is 5.19. The lowest BCUT2D eigenvalue weighted by Crippen LogP contribution is -2.65. The summed E-state index contributed by atoms with van der Waals surface area (Å²) in [5, 5.41) is 14.4. The molecule has 4 saturated carbocycles. The zero-order chi connectivity index (χ0) is 18.0. The Morgan fingerprint density at radius 2 is 1.84 bits per heavy atom. The molecule has 4 aliphatic rings. The molecule has 1 N–H and O–H groups in total. The molecule has 1 aromatic carbocycles. The molecule has 134 valence electrons. The zero-order valence-corrected chi connectivity index (χ0v) is 15.4. The Bertz CT molecular complexity index is 760. The van der Waals surface area contributed by atoms with Gasteiger partial charge in [-0.1, -0.05) is 25.4 Å². The molecule has 5 rings (SSSR count). The van der Waals surface area contributed by atoms with Crippen molar-refractivity contribution in [3.63, 3.8) is 0 Å². The molecule has 6 heteroatoms. The van der Waals surface area contributed by atoms with Crippen molar-refractivity contribution in [1.29, 1.82) is 0 Å². The Balaban J connectivity index is 1.61. The SMILES string of the molecule is C[C@@]12CC3CC(NC(=O)c4ccc(Cl)c([N+](=O)[O-])c4)(C1)C[C@@](C)(C3)C2. The van der Waals surface area contributed by atoms with Gasteiger partial charge in [0.25, 0.3) is 11.6 Å². The predicted molar refractivity (Wildman–Crippen MR) is 95.7 cm³/mol. The fourth-order valence-electron chi connectivity index (χ4n) is 6.69. The number of carbonyl (C=O) groups is 1. The van der Waals surface area contributed by atoms with Crippen molar-refractivity contribution in [3.05, 3.63) is 38.9 Å². The Labute approximate surface area is 152 Å². The standard InChI is InChI=1S/C19H23ClN2O3/c1-17-6-12-7-18(2,9-17)11-19(8-12,10-17)21-16(23)13-3-4-14(20)15(5-13)22(24)25/h3-5,12H,6-11H2,1-2H3,(H,21,23)/t12?,17-,18-,19?/m0/s1. The number of amides is 1. The molecule has 5 nitrogen and oxygen atoms in total. The Hall–Kier alpha value is -1.62. The van der Waals surface area contributed by atoms with Gasteiger partial charge in [0.05, 0.1) is 4.92 Å². The molecule has 1 aromatic rings. The summed E-state index contributed by atoms with van der Waals surface area (Å²) in [6, 6.07) is 4.27. The molecule has 0 heterocycles. The Morgan fingerprint density at radius 1 is 1.20 bits per heavy atom. The Morgan fingerprint density at radius 3 is 2.40 bits per heavy atom. The molecular formula is C19H23ClN2O3. The van der Waals surface area contributed by atoms with Gasteiger partial charge in [-0.3, -0.25) is 14.9 Å². The minimum absolute atomic E-state index is 0.0522. The van der Waals surface area contributed by atoms with E-state index in [0.717, 1.165) is 19.3 Å². The van der Waals surface area contributed by atoms with Crippen LogP contribution >= 0.6 is 11.6 Å². The van der Waals surface area contributed by atoms with Gasteiger partial charge in [-0.15, -0.1) is 0 Å². The minimum Gasteiger partial charge on any atom is -0.347 e. The first-order valence-corrected chi connectivity index (χ1v) is 9.25. The first kappa shape index (κ1) is 16.8. The van der Waals surface area contributed by atoms with Gasteiger partial charge in [0.15, 0.2) is 0 Å². The van der Waals surface area contributed by atoms with Crippen LogP contribution in [0.25, 0.3) is 0 Å². The van der Waals surface area contributed by atoms with Gasteiger partial charge in [-0.05, 0) is 67.4 Å². The molecule has 4 fully saturated rings. The van der Waals surface area contributed by atoms with Gasteiger partial charge in [0.2, 0.25) is 0 Å². The summed E-state index contributed by atoms with van der Waals surface area (Å²) in [6.45, 7) is 4.70. The molecular weight excluding hydrogens is 340 g/mol. The van der Waals surface area contributed by atoms with Gasteiger partial charge in [-0.25, -0.2) is 0 Å². The lowest BCUT2D eigenvalue weighted by molar-refractivity contribution is -0.384. The fraction of sp³-hybridized carbons (Fsp3) is 0.632. The van der Waals surface area contributed by atoms with Gasteiger partial charge in [0, 0.05) is 17.2 Å². The summed E-state index contributed by atoms with van der Waals surface area (Å²) in [4.78, 5) is 23.4. The average molecular weight is 363 g/mol. The highest BCUT2D eigenvalue weighted by atomic mass is 35.5. The quantitative estimate of drug-likeness (QED) is 0.624. The molecule has 0 spiro atoms. The number of nitro benzene ring substituents is 1. The molecule has 25 heavy (non-hydrogen) atoms. The smallest absolute Gasteiger partial charge is 0.288 e. The van der Waals surface area contributed by atoms with Gasteiger partial charge < -0.3 is 5.32 Å². The van der Waals surface area contributed by atoms with Crippen LogP contribution in [0.15, 0.2) is 18.2 Å². The number of halogens is 1. The fourth-order valence-corrected chi connectivity index (χ4v) is 6.88. The molecule has 0 aliphatic heterocycles. The van der Waals surface area contributed by atoms with Crippen molar-refractivity contribution in [2.45, 2.75) is 57.9 Å². The second-order valence-electron chi connectivity index (χ2n) is 9.29. The predicted octanol–water partition coefficient (Wildman–Crippen LogP) is 4.73. The minimum atomic E-state index is -0.550. The van der Waals surface area contributed by atoms with Crippen LogP contribution in [-0.4, -0.2) is 16.4 Å². The third-order valence-electron chi connectivity index (χ3n) is 6.41. The van der Waals surface area contributed by atoms with Crippen LogP contribution in [0, 0.1) is 26.9 Å². The van der Waals surface area contributed by atoms with Gasteiger partial charge >= 0.3 is 0 Å². The zero-order valence-electron chi connectivity index (χ0n) is 14.6. The number of nitrogens with zero attached hydrogens (tertiary/aromatic N) is 1. The van der Waals surface area contributed by atoms with Crippen molar-refractivity contribution in [2.75, 3.05) is 0 Å². The normalized spacial score (nSPS) is 38.6. The van der Waals surface area contributed by atoms with Crippen molar-refractivity contribution in [1.82, 2.24) is 5.32 Å². The van der Waals surface area contributed by atoms with E-state index in [1.54, 1.807) is 6.07 Å². The topological polar surface area (TPSA) is 72.2 Å². The monoisotopic (exact) mass is 362 g/mol. The summed E-state index contributed by atoms with van der Waals surface area (Å²) in [5.74, 6) is 0.444.